The van der Waals surface area contributed by atoms with Crippen molar-refractivity contribution in [2.24, 2.45) is 0 Å². The van der Waals surface area contributed by atoms with Crippen LogP contribution in [0.3, 0.4) is 0 Å². The maximum absolute atomic E-state index is 13.7. The SMILES string of the molecule is COc1ccc(Cn2nc(NC(=O)c3ccc(OC)c(Cl)c3)cc2C(=O)Nc2ccc(N3CCOCC3)cc2NC(=O)O)cc1. The summed E-state index contributed by atoms with van der Waals surface area (Å²) in [6, 6.07) is 18.4. The van der Waals surface area contributed by atoms with Crippen LogP contribution in [0, 0.1) is 0 Å². The molecule has 4 aromatic rings. The van der Waals surface area contributed by atoms with Crippen LogP contribution in [0.2, 0.25) is 5.02 Å². The number of hydrogen-bond acceptors (Lipinski definition) is 8. The molecule has 0 atom stereocenters. The molecule has 1 aliphatic rings. The van der Waals surface area contributed by atoms with Crippen molar-refractivity contribution in [2.75, 3.05) is 61.4 Å². The predicted molar refractivity (Wildman–Crippen MR) is 169 cm³/mol. The van der Waals surface area contributed by atoms with Gasteiger partial charge in [0.1, 0.15) is 17.2 Å². The molecule has 4 N–H and O–H groups in total. The van der Waals surface area contributed by atoms with E-state index in [4.69, 9.17) is 25.8 Å². The number of aromatic nitrogens is 2. The normalized spacial score (nSPS) is 12.7. The van der Waals surface area contributed by atoms with Gasteiger partial charge in [0.2, 0.25) is 0 Å². The van der Waals surface area contributed by atoms with Crippen LogP contribution in [-0.2, 0) is 11.3 Å². The van der Waals surface area contributed by atoms with Gasteiger partial charge in [-0.25, -0.2) is 4.79 Å². The van der Waals surface area contributed by atoms with Crippen molar-refractivity contribution < 1.29 is 33.7 Å². The molecule has 3 aromatic carbocycles. The number of carbonyl (C=O) groups excluding carboxylic acids is 2. The molecule has 234 valence electrons. The summed E-state index contributed by atoms with van der Waals surface area (Å²) < 4.78 is 17.2. The van der Waals surface area contributed by atoms with Gasteiger partial charge in [-0.3, -0.25) is 19.6 Å². The van der Waals surface area contributed by atoms with Gasteiger partial charge in [-0.2, -0.15) is 5.10 Å². The Kier molecular flexibility index (Phi) is 9.70. The zero-order valence-electron chi connectivity index (χ0n) is 24.5. The van der Waals surface area contributed by atoms with Crippen molar-refractivity contribution in [3.63, 3.8) is 0 Å². The zero-order valence-corrected chi connectivity index (χ0v) is 25.3. The van der Waals surface area contributed by atoms with Crippen LogP contribution < -0.4 is 30.3 Å². The lowest BCUT2D eigenvalue weighted by atomic mass is 10.2. The number of ether oxygens (including phenoxy) is 3. The standard InChI is InChI=1S/C31H31ClN6O7/c1-43-22-7-3-19(4-8-22)18-38-26(17-28(36-38)35-29(39)20-5-10-27(44-2)23(32)15-20)30(40)33-24-9-6-21(16-25(24)34-31(41)42)37-11-13-45-14-12-37/h3-10,15-17,34H,11-14,18H2,1-2H3,(H,33,40)(H,41,42)(H,35,36,39). The van der Waals surface area contributed by atoms with E-state index in [9.17, 15) is 19.5 Å². The quantitative estimate of drug-likeness (QED) is 0.188. The largest absolute Gasteiger partial charge is 0.497 e. The molecule has 0 unspecified atom stereocenters. The Bertz CT molecular complexity index is 1700. The lowest BCUT2D eigenvalue weighted by Crippen LogP contribution is -2.36. The van der Waals surface area contributed by atoms with E-state index in [0.29, 0.717) is 37.8 Å². The number of hydrogen-bond donors (Lipinski definition) is 4. The molecule has 1 saturated heterocycles. The van der Waals surface area contributed by atoms with Gasteiger partial charge in [0.05, 0.1) is 50.4 Å². The first-order chi connectivity index (χ1) is 21.7. The van der Waals surface area contributed by atoms with Gasteiger partial charge in [-0.1, -0.05) is 23.7 Å². The number of methoxy groups -OCH3 is 2. The van der Waals surface area contributed by atoms with E-state index in [0.717, 1.165) is 11.3 Å². The molecule has 0 bridgehead atoms. The van der Waals surface area contributed by atoms with Gasteiger partial charge < -0.3 is 34.9 Å². The van der Waals surface area contributed by atoms with E-state index in [2.05, 4.69) is 25.9 Å². The van der Waals surface area contributed by atoms with Gasteiger partial charge in [0.25, 0.3) is 11.8 Å². The van der Waals surface area contributed by atoms with Crippen molar-refractivity contribution >= 4 is 52.4 Å². The minimum atomic E-state index is -1.28. The second kappa shape index (κ2) is 14.0. The van der Waals surface area contributed by atoms with Crippen LogP contribution in [-0.4, -0.2) is 73.3 Å². The Balaban J connectivity index is 1.43. The van der Waals surface area contributed by atoms with Gasteiger partial charge in [-0.15, -0.1) is 0 Å². The highest BCUT2D eigenvalue weighted by molar-refractivity contribution is 6.32. The number of morpholine rings is 1. The number of halogens is 1. The second-order valence-electron chi connectivity index (χ2n) is 9.94. The first kappa shape index (κ1) is 31.2. The number of nitrogens with one attached hydrogen (secondary N) is 3. The summed E-state index contributed by atoms with van der Waals surface area (Å²) in [5.74, 6) is 0.147. The maximum Gasteiger partial charge on any atom is 0.409 e. The van der Waals surface area contributed by atoms with E-state index in [-0.39, 0.29) is 40.0 Å². The molecule has 1 aromatic heterocycles. The van der Waals surface area contributed by atoms with Crippen LogP contribution in [0.5, 0.6) is 11.5 Å². The highest BCUT2D eigenvalue weighted by Gasteiger charge is 2.21. The van der Waals surface area contributed by atoms with Gasteiger partial charge in [0.15, 0.2) is 5.82 Å². The summed E-state index contributed by atoms with van der Waals surface area (Å²) in [7, 11) is 3.04. The Labute approximate surface area is 263 Å². The highest BCUT2D eigenvalue weighted by Crippen LogP contribution is 2.30. The minimum absolute atomic E-state index is 0.118. The number of carbonyl (C=O) groups is 3. The van der Waals surface area contributed by atoms with E-state index in [1.54, 1.807) is 49.6 Å². The lowest BCUT2D eigenvalue weighted by molar-refractivity contribution is 0.101. The molecule has 14 heteroatoms. The number of nitrogens with zero attached hydrogens (tertiary/aromatic N) is 3. The predicted octanol–water partition coefficient (Wildman–Crippen LogP) is 5.03. The second-order valence-corrected chi connectivity index (χ2v) is 10.3. The Morgan fingerprint density at radius 1 is 0.889 bits per heavy atom. The van der Waals surface area contributed by atoms with Crippen LogP contribution in [0.4, 0.5) is 27.7 Å². The van der Waals surface area contributed by atoms with Crippen molar-refractivity contribution in [2.45, 2.75) is 6.54 Å². The molecule has 1 fully saturated rings. The molecule has 45 heavy (non-hydrogen) atoms. The van der Waals surface area contributed by atoms with Gasteiger partial charge >= 0.3 is 6.09 Å². The Morgan fingerprint density at radius 3 is 2.31 bits per heavy atom. The van der Waals surface area contributed by atoms with E-state index in [1.807, 2.05) is 12.1 Å². The summed E-state index contributed by atoms with van der Waals surface area (Å²) in [5.41, 5.74) is 2.43. The van der Waals surface area contributed by atoms with Crippen LogP contribution in [0.15, 0.2) is 66.7 Å². The third kappa shape index (κ3) is 7.63. The first-order valence-electron chi connectivity index (χ1n) is 13.9. The summed E-state index contributed by atoms with van der Waals surface area (Å²) >= 11 is 6.20. The molecular weight excluding hydrogens is 604 g/mol. The topological polar surface area (TPSA) is 156 Å². The third-order valence-corrected chi connectivity index (χ3v) is 7.32. The third-order valence-electron chi connectivity index (χ3n) is 7.03. The fourth-order valence-corrected chi connectivity index (χ4v) is 5.00. The lowest BCUT2D eigenvalue weighted by Gasteiger charge is -2.29. The molecule has 3 amide bonds. The van der Waals surface area contributed by atoms with Crippen molar-refractivity contribution in [1.29, 1.82) is 0 Å². The molecule has 2 heterocycles. The molecule has 1 aliphatic heterocycles. The summed E-state index contributed by atoms with van der Waals surface area (Å²) in [6.07, 6.45) is -1.28. The molecule has 5 rings (SSSR count). The molecular formula is C31H31ClN6O7. The highest BCUT2D eigenvalue weighted by atomic mass is 35.5. The van der Waals surface area contributed by atoms with E-state index < -0.39 is 17.9 Å². The van der Waals surface area contributed by atoms with E-state index in [1.165, 1.54) is 23.9 Å². The van der Waals surface area contributed by atoms with Crippen molar-refractivity contribution in [3.05, 3.63) is 88.6 Å². The van der Waals surface area contributed by atoms with Crippen molar-refractivity contribution in [3.8, 4) is 11.5 Å². The monoisotopic (exact) mass is 634 g/mol. The maximum atomic E-state index is 13.7. The summed E-state index contributed by atoms with van der Waals surface area (Å²) in [6.45, 7) is 2.61. The fraction of sp³-hybridized carbons (Fsp3) is 0.226. The first-order valence-corrected chi connectivity index (χ1v) is 14.3. The average molecular weight is 635 g/mol. The molecule has 0 saturated carbocycles. The molecule has 13 nitrogen and oxygen atoms in total. The molecule has 0 radical (unpaired) electrons. The molecule has 0 spiro atoms. The number of rotatable bonds is 10. The van der Waals surface area contributed by atoms with Crippen molar-refractivity contribution in [1.82, 2.24) is 9.78 Å². The van der Waals surface area contributed by atoms with Crippen LogP contribution >= 0.6 is 11.6 Å². The van der Waals surface area contributed by atoms with Gasteiger partial charge in [0, 0.05) is 30.4 Å². The van der Waals surface area contributed by atoms with E-state index >= 15 is 0 Å². The number of anilines is 4. The zero-order chi connectivity index (χ0) is 31.9. The van der Waals surface area contributed by atoms with Crippen LogP contribution in [0.25, 0.3) is 0 Å². The fourth-order valence-electron chi connectivity index (χ4n) is 4.75. The number of benzene rings is 3. The van der Waals surface area contributed by atoms with Crippen LogP contribution in [0.1, 0.15) is 26.4 Å². The van der Waals surface area contributed by atoms with Gasteiger partial charge in [-0.05, 0) is 54.1 Å². The minimum Gasteiger partial charge on any atom is -0.497 e. The Morgan fingerprint density at radius 2 is 1.64 bits per heavy atom. The smallest absolute Gasteiger partial charge is 0.409 e. The summed E-state index contributed by atoms with van der Waals surface area (Å²) in [4.78, 5) is 40.4. The number of carboxylic acid groups (broad SMARTS) is 1. The summed E-state index contributed by atoms with van der Waals surface area (Å²) in [5, 5.41) is 22.1. The Hall–Kier alpha value is -5.27. The number of amides is 3. The average Bonchev–Trinajstić information content (AvgIpc) is 3.44. The molecule has 0 aliphatic carbocycles.